The fraction of sp³-hybridized carbons (Fsp3) is 0.632. The van der Waals surface area contributed by atoms with Gasteiger partial charge in [0, 0.05) is 48.7 Å². The Morgan fingerprint density at radius 3 is 2.61 bits per heavy atom. The zero-order valence-electron chi connectivity index (χ0n) is 15.1. The zero-order valence-corrected chi connectivity index (χ0v) is 15.1. The second-order valence-corrected chi connectivity index (χ2v) is 6.98. The molecule has 1 aliphatic rings. The van der Waals surface area contributed by atoms with E-state index in [2.05, 4.69) is 42.1 Å². The van der Waals surface area contributed by atoms with Crippen molar-refractivity contribution in [2.45, 2.75) is 59.2 Å². The van der Waals surface area contributed by atoms with Crippen LogP contribution in [0.15, 0.2) is 18.7 Å². The molecule has 1 N–H and O–H groups in total. The van der Waals surface area contributed by atoms with Gasteiger partial charge < -0.3 is 9.88 Å². The van der Waals surface area contributed by atoms with Crippen LogP contribution in [0.1, 0.15) is 48.4 Å². The van der Waals surface area contributed by atoms with Crippen molar-refractivity contribution in [3.63, 3.8) is 0 Å². The molecule has 1 aromatic heterocycles. The summed E-state index contributed by atoms with van der Waals surface area (Å²) in [6, 6.07) is 3.15. The average molecular weight is 317 g/mol. The quantitative estimate of drug-likeness (QED) is 0.620. The van der Waals surface area contributed by atoms with Gasteiger partial charge in [0.25, 0.3) is 0 Å². The van der Waals surface area contributed by atoms with Crippen LogP contribution in [0.3, 0.4) is 0 Å². The lowest BCUT2D eigenvalue weighted by molar-refractivity contribution is 0.0902. The van der Waals surface area contributed by atoms with E-state index in [4.69, 9.17) is 0 Å². The second-order valence-electron chi connectivity index (χ2n) is 6.98. The zero-order chi connectivity index (χ0) is 17.0. The molecule has 0 radical (unpaired) electrons. The first-order valence-corrected chi connectivity index (χ1v) is 8.71. The van der Waals surface area contributed by atoms with Crippen molar-refractivity contribution < 1.29 is 4.79 Å². The van der Waals surface area contributed by atoms with Gasteiger partial charge in [0.1, 0.15) is 0 Å². The van der Waals surface area contributed by atoms with Crippen molar-refractivity contribution in [1.29, 1.82) is 0 Å². The van der Waals surface area contributed by atoms with Crippen LogP contribution in [0, 0.1) is 13.8 Å². The average Bonchev–Trinajstić information content (AvgIpc) is 2.77. The highest BCUT2D eigenvalue weighted by molar-refractivity contribution is 5.99. The third-order valence-corrected chi connectivity index (χ3v) is 4.71. The summed E-state index contributed by atoms with van der Waals surface area (Å²) in [4.78, 5) is 15.0. The molecule has 0 amide bonds. The molecule has 4 nitrogen and oxygen atoms in total. The molecule has 0 aromatic carbocycles. The Balaban J connectivity index is 1.93. The molecule has 23 heavy (non-hydrogen) atoms. The number of rotatable bonds is 7. The monoisotopic (exact) mass is 317 g/mol. The fourth-order valence-corrected chi connectivity index (χ4v) is 3.51. The lowest BCUT2D eigenvalue weighted by Gasteiger charge is -2.33. The van der Waals surface area contributed by atoms with E-state index in [1.165, 1.54) is 0 Å². The summed E-state index contributed by atoms with van der Waals surface area (Å²) >= 11 is 0. The third kappa shape index (κ3) is 4.55. The normalized spacial score (nSPS) is 16.9. The van der Waals surface area contributed by atoms with Crippen LogP contribution in [0.25, 0.3) is 0 Å². The van der Waals surface area contributed by atoms with E-state index in [-0.39, 0.29) is 5.78 Å². The standard InChI is InChI=1S/C19H31N3O/c1-6-9-22-15(4)12-18(16(22)5)19(23)13-21-10-7-17(8-11-21)20-14(2)3/h6,12,14,17,20H,1,7-11,13H2,2-5H3. The van der Waals surface area contributed by atoms with Crippen LogP contribution in [0.5, 0.6) is 0 Å². The molecule has 1 fully saturated rings. The van der Waals surface area contributed by atoms with Gasteiger partial charge in [0.2, 0.25) is 0 Å². The predicted molar refractivity (Wildman–Crippen MR) is 96.2 cm³/mol. The molecule has 0 bridgehead atoms. The van der Waals surface area contributed by atoms with Crippen LogP contribution < -0.4 is 5.32 Å². The number of nitrogens with one attached hydrogen (secondary N) is 1. The van der Waals surface area contributed by atoms with Crippen LogP contribution in [-0.4, -0.2) is 47.0 Å². The molecular formula is C19H31N3O. The summed E-state index contributed by atoms with van der Waals surface area (Å²) in [5, 5.41) is 3.60. The molecule has 1 aliphatic heterocycles. The third-order valence-electron chi connectivity index (χ3n) is 4.71. The van der Waals surface area contributed by atoms with Crippen LogP contribution >= 0.6 is 0 Å². The largest absolute Gasteiger partial charge is 0.345 e. The van der Waals surface area contributed by atoms with E-state index in [1.807, 2.05) is 19.1 Å². The minimum absolute atomic E-state index is 0.240. The van der Waals surface area contributed by atoms with E-state index in [0.717, 1.165) is 49.4 Å². The van der Waals surface area contributed by atoms with Gasteiger partial charge in [0.05, 0.1) is 6.54 Å². The first-order valence-electron chi connectivity index (χ1n) is 8.71. The van der Waals surface area contributed by atoms with Crippen LogP contribution in [0.2, 0.25) is 0 Å². The van der Waals surface area contributed by atoms with Gasteiger partial charge in [-0.1, -0.05) is 19.9 Å². The maximum atomic E-state index is 12.7. The molecular weight excluding hydrogens is 286 g/mol. The van der Waals surface area contributed by atoms with E-state index >= 15 is 0 Å². The maximum absolute atomic E-state index is 12.7. The summed E-state index contributed by atoms with van der Waals surface area (Å²) in [6.07, 6.45) is 4.13. The van der Waals surface area contributed by atoms with Gasteiger partial charge in [-0.3, -0.25) is 9.69 Å². The SMILES string of the molecule is C=CCn1c(C)cc(C(=O)CN2CCC(NC(C)C)CC2)c1C. The fourth-order valence-electron chi connectivity index (χ4n) is 3.51. The summed E-state index contributed by atoms with van der Waals surface area (Å²) in [5.74, 6) is 0.240. The molecule has 1 saturated heterocycles. The Hall–Kier alpha value is -1.39. The lowest BCUT2D eigenvalue weighted by Crippen LogP contribution is -2.46. The predicted octanol–water partition coefficient (Wildman–Crippen LogP) is 2.94. The Morgan fingerprint density at radius 2 is 2.04 bits per heavy atom. The van der Waals surface area contributed by atoms with Crippen molar-refractivity contribution in [1.82, 2.24) is 14.8 Å². The van der Waals surface area contributed by atoms with E-state index < -0.39 is 0 Å². The van der Waals surface area contributed by atoms with Gasteiger partial charge in [-0.05, 0) is 32.8 Å². The van der Waals surface area contributed by atoms with Crippen molar-refractivity contribution in [3.05, 3.63) is 35.7 Å². The molecule has 4 heteroatoms. The Bertz CT molecular complexity index is 551. The highest BCUT2D eigenvalue weighted by Crippen LogP contribution is 2.18. The van der Waals surface area contributed by atoms with Gasteiger partial charge in [-0.15, -0.1) is 6.58 Å². The van der Waals surface area contributed by atoms with Gasteiger partial charge in [-0.2, -0.15) is 0 Å². The maximum Gasteiger partial charge on any atom is 0.178 e. The Kier molecular flexibility index (Phi) is 6.19. The number of carbonyl (C=O) groups excluding carboxylic acids is 1. The summed E-state index contributed by atoms with van der Waals surface area (Å²) in [7, 11) is 0. The van der Waals surface area contributed by atoms with Gasteiger partial charge in [0.15, 0.2) is 5.78 Å². The molecule has 0 atom stereocenters. The van der Waals surface area contributed by atoms with Crippen molar-refractivity contribution in [3.8, 4) is 0 Å². The molecule has 128 valence electrons. The first-order chi connectivity index (χ1) is 10.9. The molecule has 0 aliphatic carbocycles. The minimum atomic E-state index is 0.240. The molecule has 0 unspecified atom stereocenters. The number of likely N-dealkylation sites (tertiary alicyclic amines) is 1. The highest BCUT2D eigenvalue weighted by Gasteiger charge is 2.23. The summed E-state index contributed by atoms with van der Waals surface area (Å²) < 4.78 is 2.15. The van der Waals surface area contributed by atoms with Crippen molar-refractivity contribution in [2.75, 3.05) is 19.6 Å². The van der Waals surface area contributed by atoms with Crippen LogP contribution in [-0.2, 0) is 6.54 Å². The molecule has 0 spiro atoms. The van der Waals surface area contributed by atoms with Crippen LogP contribution in [0.4, 0.5) is 0 Å². The van der Waals surface area contributed by atoms with E-state index in [1.54, 1.807) is 0 Å². The number of carbonyl (C=O) groups is 1. The molecule has 2 heterocycles. The number of aromatic nitrogens is 1. The minimum Gasteiger partial charge on any atom is -0.345 e. The molecule has 2 rings (SSSR count). The van der Waals surface area contributed by atoms with Crippen molar-refractivity contribution >= 4 is 5.78 Å². The smallest absolute Gasteiger partial charge is 0.178 e. The van der Waals surface area contributed by atoms with E-state index in [9.17, 15) is 4.79 Å². The number of hydrogen-bond acceptors (Lipinski definition) is 3. The second kappa shape index (κ2) is 7.93. The number of allylic oxidation sites excluding steroid dienone is 1. The van der Waals surface area contributed by atoms with Crippen molar-refractivity contribution in [2.24, 2.45) is 0 Å². The van der Waals surface area contributed by atoms with Gasteiger partial charge in [-0.25, -0.2) is 0 Å². The van der Waals surface area contributed by atoms with Gasteiger partial charge >= 0.3 is 0 Å². The highest BCUT2D eigenvalue weighted by atomic mass is 16.1. The first kappa shape index (κ1) is 18.0. The molecule has 0 saturated carbocycles. The number of hydrogen-bond donors (Lipinski definition) is 1. The van der Waals surface area contributed by atoms with E-state index in [0.29, 0.717) is 18.6 Å². The Labute approximate surface area is 140 Å². The molecule has 1 aromatic rings. The number of piperidine rings is 1. The topological polar surface area (TPSA) is 37.3 Å². The number of nitrogens with zero attached hydrogens (tertiary/aromatic N) is 2. The number of Topliss-reactive ketones (excluding diaryl/α,β-unsaturated/α-hetero) is 1. The summed E-state index contributed by atoms with van der Waals surface area (Å²) in [5.41, 5.74) is 3.06. The Morgan fingerprint density at radius 1 is 1.39 bits per heavy atom. The summed E-state index contributed by atoms with van der Waals surface area (Å²) in [6.45, 7) is 15.6. The lowest BCUT2D eigenvalue weighted by atomic mass is 10.0. The number of aryl methyl sites for hydroxylation is 1. The number of ketones is 1.